The minimum Gasteiger partial charge on any atom is -0.333 e. The van der Waals surface area contributed by atoms with Gasteiger partial charge in [0.25, 0.3) is 0 Å². The summed E-state index contributed by atoms with van der Waals surface area (Å²) in [4.78, 5) is 0. The maximum atomic E-state index is 6.03. The average molecular weight is 637 g/mol. The van der Waals surface area contributed by atoms with E-state index < -0.39 is 6.17 Å². The minimum absolute atomic E-state index is 0.172. The molecule has 48 heavy (non-hydrogen) atoms. The van der Waals surface area contributed by atoms with Crippen LogP contribution < -0.4 is 11.5 Å². The summed E-state index contributed by atoms with van der Waals surface area (Å²) in [5.41, 5.74) is 21.6. The number of hydrogen-bond donors (Lipinski definition) is 2. The van der Waals surface area contributed by atoms with E-state index in [0.717, 1.165) is 12.0 Å². The molecule has 5 heteroatoms. The van der Waals surface area contributed by atoms with Crippen molar-refractivity contribution in [1.82, 2.24) is 9.13 Å². The molecule has 1 atom stereocenters. The van der Waals surface area contributed by atoms with Gasteiger partial charge in [0.05, 0.1) is 28.8 Å². The van der Waals surface area contributed by atoms with Crippen molar-refractivity contribution >= 4 is 75.1 Å². The van der Waals surface area contributed by atoms with Crippen molar-refractivity contribution in [2.24, 2.45) is 11.5 Å². The Bertz CT molecular complexity index is 2790. The second-order valence-corrected chi connectivity index (χ2v) is 13.9. The SMILES string of the molecule is NC(N)C1=CCC(n2c3ccc(-c4ccc5c(c4)c4ccccc4n5-c4ccccc4)cc3c3c4sc5ccccc5c4ccc32)C=C1. The fraction of sp³-hybridized carbons (Fsp3) is 0.0698. The molecule has 4 N–H and O–H groups in total. The smallest absolute Gasteiger partial charge is 0.0781 e. The normalized spacial score (nSPS) is 15.2. The molecule has 0 amide bonds. The Morgan fingerprint density at radius 2 is 1.29 bits per heavy atom. The van der Waals surface area contributed by atoms with E-state index >= 15 is 0 Å². The predicted molar refractivity (Wildman–Crippen MR) is 205 cm³/mol. The van der Waals surface area contributed by atoms with Crippen LogP contribution in [0.15, 0.2) is 151 Å². The summed E-state index contributed by atoms with van der Waals surface area (Å²) in [6.07, 6.45) is 6.95. The largest absolute Gasteiger partial charge is 0.333 e. The van der Waals surface area contributed by atoms with Crippen molar-refractivity contribution in [3.63, 3.8) is 0 Å². The Morgan fingerprint density at radius 3 is 2.08 bits per heavy atom. The Balaban J connectivity index is 1.22. The number of benzene rings is 6. The van der Waals surface area contributed by atoms with E-state index in [4.69, 9.17) is 11.5 Å². The van der Waals surface area contributed by atoms with Crippen LogP contribution >= 0.6 is 11.3 Å². The number of nitrogens with zero attached hydrogens (tertiary/aromatic N) is 2. The number of nitrogens with two attached hydrogens (primary N) is 2. The maximum Gasteiger partial charge on any atom is 0.0781 e. The van der Waals surface area contributed by atoms with E-state index in [-0.39, 0.29) is 6.04 Å². The summed E-state index contributed by atoms with van der Waals surface area (Å²) in [5.74, 6) is 0. The van der Waals surface area contributed by atoms with Crippen LogP contribution in [0.2, 0.25) is 0 Å². The van der Waals surface area contributed by atoms with Gasteiger partial charge in [-0.25, -0.2) is 0 Å². The number of fused-ring (bicyclic) bond motifs is 10. The predicted octanol–water partition coefficient (Wildman–Crippen LogP) is 10.6. The zero-order valence-corrected chi connectivity index (χ0v) is 27.0. The number of para-hydroxylation sites is 2. The van der Waals surface area contributed by atoms with Crippen LogP contribution in [0.4, 0.5) is 0 Å². The van der Waals surface area contributed by atoms with E-state index in [1.807, 2.05) is 11.3 Å². The standard InChI is InChI=1S/C43H32N4S/c44-43(45)26-14-18-30(19-15-26)47-38-22-17-28(25-35(38)41-39(47)23-20-33-32-11-5-7-13-40(32)48-42(33)41)27-16-21-37-34(24-27)31-10-4-6-12-36(31)46(37)29-8-2-1-3-9-29/h1-18,20-25,30,43H,19,44-45H2. The fourth-order valence-electron chi connectivity index (χ4n) is 7.92. The number of thiophene rings is 1. The molecule has 0 spiro atoms. The van der Waals surface area contributed by atoms with Gasteiger partial charge in [-0.05, 0) is 77.7 Å². The highest BCUT2D eigenvalue weighted by Crippen LogP contribution is 2.45. The minimum atomic E-state index is -0.458. The first-order valence-electron chi connectivity index (χ1n) is 16.5. The Morgan fingerprint density at radius 1 is 0.604 bits per heavy atom. The molecule has 0 saturated heterocycles. The molecule has 3 aromatic heterocycles. The molecular formula is C43H32N4S. The van der Waals surface area contributed by atoms with Crippen LogP contribution in [0.25, 0.3) is 80.6 Å². The quantitative estimate of drug-likeness (QED) is 0.189. The van der Waals surface area contributed by atoms with Gasteiger partial charge in [-0.3, -0.25) is 0 Å². The molecule has 1 aliphatic carbocycles. The summed E-state index contributed by atoms with van der Waals surface area (Å²) in [5, 5.41) is 7.76. The molecule has 0 saturated carbocycles. The molecule has 230 valence electrons. The Labute approximate surface area is 281 Å². The third-order valence-corrected chi connectivity index (χ3v) is 11.4. The van der Waals surface area contributed by atoms with E-state index in [1.54, 1.807) is 0 Å². The maximum absolute atomic E-state index is 6.03. The molecule has 1 unspecified atom stereocenters. The van der Waals surface area contributed by atoms with Crippen molar-refractivity contribution in [2.75, 3.05) is 0 Å². The van der Waals surface area contributed by atoms with E-state index in [0.29, 0.717) is 0 Å². The monoisotopic (exact) mass is 636 g/mol. The summed E-state index contributed by atoms with van der Waals surface area (Å²) in [6.45, 7) is 0. The summed E-state index contributed by atoms with van der Waals surface area (Å²) < 4.78 is 7.55. The fourth-order valence-corrected chi connectivity index (χ4v) is 9.18. The number of allylic oxidation sites excluding steroid dienone is 2. The van der Waals surface area contributed by atoms with Gasteiger partial charge in [-0.1, -0.05) is 91.0 Å². The van der Waals surface area contributed by atoms with E-state index in [9.17, 15) is 0 Å². The lowest BCUT2D eigenvalue weighted by Crippen LogP contribution is -2.32. The van der Waals surface area contributed by atoms with Crippen molar-refractivity contribution in [3.05, 3.63) is 151 Å². The summed E-state index contributed by atoms with van der Waals surface area (Å²) >= 11 is 1.90. The molecular weight excluding hydrogens is 605 g/mol. The summed E-state index contributed by atoms with van der Waals surface area (Å²) in [7, 11) is 0. The van der Waals surface area contributed by atoms with Gasteiger partial charge in [0.2, 0.25) is 0 Å². The van der Waals surface area contributed by atoms with Crippen LogP contribution in [0, 0.1) is 0 Å². The van der Waals surface area contributed by atoms with Crippen molar-refractivity contribution in [3.8, 4) is 16.8 Å². The Hall–Kier alpha value is -5.46. The highest BCUT2D eigenvalue weighted by atomic mass is 32.1. The van der Waals surface area contributed by atoms with Crippen LogP contribution in [-0.2, 0) is 0 Å². The van der Waals surface area contributed by atoms with Crippen LogP contribution in [0.5, 0.6) is 0 Å². The first kappa shape index (κ1) is 27.6. The van der Waals surface area contributed by atoms with Gasteiger partial charge in [-0.15, -0.1) is 11.3 Å². The second-order valence-electron chi connectivity index (χ2n) is 12.8. The van der Waals surface area contributed by atoms with Gasteiger partial charge in [0, 0.05) is 52.9 Å². The highest BCUT2D eigenvalue weighted by molar-refractivity contribution is 7.26. The number of rotatable bonds is 4. The highest BCUT2D eigenvalue weighted by Gasteiger charge is 2.22. The third-order valence-electron chi connectivity index (χ3n) is 10.2. The van der Waals surface area contributed by atoms with E-state index in [1.165, 1.54) is 80.6 Å². The molecule has 10 rings (SSSR count). The third kappa shape index (κ3) is 4.02. The lowest BCUT2D eigenvalue weighted by Gasteiger charge is -2.21. The van der Waals surface area contributed by atoms with Gasteiger partial charge in [0.15, 0.2) is 0 Å². The lowest BCUT2D eigenvalue weighted by atomic mass is 10.00. The molecule has 1 aliphatic rings. The molecule has 0 fully saturated rings. The summed E-state index contributed by atoms with van der Waals surface area (Å²) in [6, 6.07) is 46.9. The molecule has 4 nitrogen and oxygen atoms in total. The number of aromatic nitrogens is 2. The van der Waals surface area contributed by atoms with E-state index in [2.05, 4.69) is 155 Å². The zero-order chi connectivity index (χ0) is 31.9. The molecule has 0 radical (unpaired) electrons. The average Bonchev–Trinajstić information content (AvgIpc) is 3.79. The van der Waals surface area contributed by atoms with Crippen LogP contribution in [0.1, 0.15) is 12.5 Å². The zero-order valence-electron chi connectivity index (χ0n) is 26.2. The molecule has 6 aromatic carbocycles. The van der Waals surface area contributed by atoms with Crippen molar-refractivity contribution < 1.29 is 0 Å². The Kier molecular flexibility index (Phi) is 6.06. The molecule has 3 heterocycles. The first-order valence-corrected chi connectivity index (χ1v) is 17.3. The topological polar surface area (TPSA) is 61.9 Å². The van der Waals surface area contributed by atoms with Crippen molar-refractivity contribution in [1.29, 1.82) is 0 Å². The molecule has 0 bridgehead atoms. The molecule has 0 aliphatic heterocycles. The van der Waals surface area contributed by atoms with Gasteiger partial charge in [0.1, 0.15) is 0 Å². The number of hydrogen-bond acceptors (Lipinski definition) is 3. The first-order chi connectivity index (χ1) is 23.6. The van der Waals surface area contributed by atoms with Gasteiger partial charge < -0.3 is 20.6 Å². The van der Waals surface area contributed by atoms with Gasteiger partial charge in [-0.2, -0.15) is 0 Å². The second kappa shape index (κ2) is 10.5. The van der Waals surface area contributed by atoms with Crippen LogP contribution in [0.3, 0.4) is 0 Å². The van der Waals surface area contributed by atoms with Crippen LogP contribution in [-0.4, -0.2) is 15.3 Å². The molecule has 9 aromatic rings. The van der Waals surface area contributed by atoms with Crippen molar-refractivity contribution in [2.45, 2.75) is 18.6 Å². The van der Waals surface area contributed by atoms with Gasteiger partial charge >= 0.3 is 0 Å². The lowest BCUT2D eigenvalue weighted by molar-refractivity contribution is 0.637.